The molecule has 5 rings (SSSR count). The molecule has 2 nitrogen and oxygen atoms in total. The summed E-state index contributed by atoms with van der Waals surface area (Å²) in [5.41, 5.74) is 8.60. The second kappa shape index (κ2) is 6.10. The zero-order valence-electron chi connectivity index (χ0n) is 15.4. The van der Waals surface area contributed by atoms with Gasteiger partial charge in [0.05, 0.1) is 5.69 Å². The number of benzene rings is 3. The van der Waals surface area contributed by atoms with Crippen molar-refractivity contribution in [3.8, 4) is 22.4 Å². The lowest BCUT2D eigenvalue weighted by atomic mass is 9.98. The molecular formula is C25H19NO. The van der Waals surface area contributed by atoms with Gasteiger partial charge >= 0.3 is 0 Å². The molecule has 0 aliphatic rings. The highest BCUT2D eigenvalue weighted by Gasteiger charge is 2.15. The Balaban J connectivity index is 1.75. The zero-order chi connectivity index (χ0) is 18.4. The van der Waals surface area contributed by atoms with Gasteiger partial charge in [0.1, 0.15) is 11.2 Å². The lowest BCUT2D eigenvalue weighted by Crippen LogP contribution is -1.89. The average molecular weight is 349 g/mol. The van der Waals surface area contributed by atoms with Crippen LogP contribution in [0.1, 0.15) is 11.1 Å². The molecule has 0 radical (unpaired) electrons. The molecule has 2 heterocycles. The molecule has 2 heteroatoms. The molecule has 0 aliphatic carbocycles. The van der Waals surface area contributed by atoms with Gasteiger partial charge in [-0.25, -0.2) is 0 Å². The molecule has 0 fully saturated rings. The minimum absolute atomic E-state index is 0.907. The number of nitrogens with zero attached hydrogens (tertiary/aromatic N) is 1. The Morgan fingerprint density at radius 3 is 2.41 bits per heavy atom. The van der Waals surface area contributed by atoms with Crippen LogP contribution in [0.25, 0.3) is 44.3 Å². The summed E-state index contributed by atoms with van der Waals surface area (Å²) in [7, 11) is 0. The van der Waals surface area contributed by atoms with E-state index in [-0.39, 0.29) is 0 Å². The molecule has 0 atom stereocenters. The van der Waals surface area contributed by atoms with Crippen molar-refractivity contribution >= 4 is 21.9 Å². The molecule has 0 amide bonds. The Morgan fingerprint density at radius 1 is 0.741 bits per heavy atom. The topological polar surface area (TPSA) is 26.0 Å². The molecule has 130 valence electrons. The highest BCUT2D eigenvalue weighted by atomic mass is 16.3. The quantitative estimate of drug-likeness (QED) is 0.345. The summed E-state index contributed by atoms with van der Waals surface area (Å²) >= 11 is 0. The van der Waals surface area contributed by atoms with E-state index in [4.69, 9.17) is 4.42 Å². The Kier molecular flexibility index (Phi) is 3.58. The van der Waals surface area contributed by atoms with Gasteiger partial charge in [-0.3, -0.25) is 4.98 Å². The summed E-state index contributed by atoms with van der Waals surface area (Å²) in [6, 6.07) is 25.3. The summed E-state index contributed by atoms with van der Waals surface area (Å²) in [6.45, 7) is 4.22. The van der Waals surface area contributed by atoms with E-state index < -0.39 is 0 Å². The minimum Gasteiger partial charge on any atom is -0.455 e. The second-order valence-electron chi connectivity index (χ2n) is 7.03. The maximum atomic E-state index is 6.24. The molecule has 0 unspecified atom stereocenters. The summed E-state index contributed by atoms with van der Waals surface area (Å²) in [6.07, 6.45) is 1.88. The van der Waals surface area contributed by atoms with Gasteiger partial charge in [-0.1, -0.05) is 60.2 Å². The van der Waals surface area contributed by atoms with E-state index in [9.17, 15) is 0 Å². The summed E-state index contributed by atoms with van der Waals surface area (Å²) in [5.74, 6) is 0. The number of aryl methyl sites for hydroxylation is 2. The Bertz CT molecular complexity index is 1280. The van der Waals surface area contributed by atoms with Crippen LogP contribution in [-0.4, -0.2) is 4.98 Å². The third-order valence-corrected chi connectivity index (χ3v) is 5.16. The molecule has 0 saturated heterocycles. The molecule has 0 aliphatic heterocycles. The van der Waals surface area contributed by atoms with Crippen molar-refractivity contribution in [2.45, 2.75) is 13.8 Å². The van der Waals surface area contributed by atoms with Crippen LogP contribution < -0.4 is 0 Å². The van der Waals surface area contributed by atoms with Crippen LogP contribution in [0.2, 0.25) is 0 Å². The van der Waals surface area contributed by atoms with Crippen LogP contribution in [0.5, 0.6) is 0 Å². The van der Waals surface area contributed by atoms with Gasteiger partial charge in [-0.05, 0) is 48.7 Å². The van der Waals surface area contributed by atoms with E-state index in [2.05, 4.69) is 73.4 Å². The molecule has 0 N–H and O–H groups in total. The Labute approximate surface area is 158 Å². The molecule has 0 bridgehead atoms. The van der Waals surface area contributed by atoms with Crippen LogP contribution in [0.3, 0.4) is 0 Å². The molecule has 27 heavy (non-hydrogen) atoms. The summed E-state index contributed by atoms with van der Waals surface area (Å²) in [5, 5.41) is 2.28. The van der Waals surface area contributed by atoms with Gasteiger partial charge in [0, 0.05) is 22.5 Å². The number of hydrogen-bond donors (Lipinski definition) is 0. The first-order valence-electron chi connectivity index (χ1n) is 9.15. The number of hydrogen-bond acceptors (Lipinski definition) is 2. The van der Waals surface area contributed by atoms with E-state index in [1.54, 1.807) is 0 Å². The van der Waals surface area contributed by atoms with Crippen LogP contribution in [0.15, 0.2) is 83.4 Å². The maximum Gasteiger partial charge on any atom is 0.145 e. The smallest absolute Gasteiger partial charge is 0.145 e. The van der Waals surface area contributed by atoms with Crippen LogP contribution in [0.4, 0.5) is 0 Å². The van der Waals surface area contributed by atoms with Gasteiger partial charge < -0.3 is 4.42 Å². The first-order chi connectivity index (χ1) is 13.2. The fourth-order valence-corrected chi connectivity index (χ4v) is 3.70. The highest BCUT2D eigenvalue weighted by Crippen LogP contribution is 2.37. The highest BCUT2D eigenvalue weighted by molar-refractivity contribution is 6.10. The Hall–Kier alpha value is -3.39. The van der Waals surface area contributed by atoms with Crippen molar-refractivity contribution in [3.63, 3.8) is 0 Å². The molecule has 0 saturated carbocycles. The third-order valence-electron chi connectivity index (χ3n) is 5.16. The van der Waals surface area contributed by atoms with Crippen LogP contribution in [-0.2, 0) is 0 Å². The Morgan fingerprint density at radius 2 is 1.56 bits per heavy atom. The largest absolute Gasteiger partial charge is 0.455 e. The second-order valence-corrected chi connectivity index (χ2v) is 7.03. The summed E-state index contributed by atoms with van der Waals surface area (Å²) in [4.78, 5) is 4.67. The van der Waals surface area contributed by atoms with E-state index in [1.165, 1.54) is 11.1 Å². The van der Waals surface area contributed by atoms with Crippen molar-refractivity contribution in [1.82, 2.24) is 4.98 Å². The number of pyridine rings is 1. The average Bonchev–Trinajstić information content (AvgIpc) is 3.07. The van der Waals surface area contributed by atoms with E-state index in [0.29, 0.717) is 0 Å². The summed E-state index contributed by atoms with van der Waals surface area (Å²) < 4.78 is 6.24. The standard InChI is InChI=1S/C25H19NO/c1-16-7-10-18(11-8-16)19-13-14-26-22(15-19)24-17(2)9-12-21-20-5-3-4-6-23(20)27-25(21)24/h3-15H,1-2H3. The van der Waals surface area contributed by atoms with Gasteiger partial charge in [-0.2, -0.15) is 0 Å². The van der Waals surface area contributed by atoms with E-state index in [0.717, 1.165) is 44.3 Å². The maximum absolute atomic E-state index is 6.24. The fraction of sp³-hybridized carbons (Fsp3) is 0.0800. The first-order valence-corrected chi connectivity index (χ1v) is 9.15. The lowest BCUT2D eigenvalue weighted by molar-refractivity contribution is 0.669. The SMILES string of the molecule is Cc1ccc(-c2ccnc(-c3c(C)ccc4c3oc3ccccc34)c2)cc1. The monoisotopic (exact) mass is 349 g/mol. The minimum atomic E-state index is 0.907. The van der Waals surface area contributed by atoms with Crippen molar-refractivity contribution in [1.29, 1.82) is 0 Å². The molecule has 0 spiro atoms. The molecule has 2 aromatic heterocycles. The number of aromatic nitrogens is 1. The molecular weight excluding hydrogens is 330 g/mol. The number of fused-ring (bicyclic) bond motifs is 3. The van der Waals surface area contributed by atoms with Gasteiger partial charge in [0.2, 0.25) is 0 Å². The van der Waals surface area contributed by atoms with E-state index >= 15 is 0 Å². The van der Waals surface area contributed by atoms with Gasteiger partial charge in [-0.15, -0.1) is 0 Å². The van der Waals surface area contributed by atoms with Crippen molar-refractivity contribution in [3.05, 3.63) is 90.1 Å². The zero-order valence-corrected chi connectivity index (χ0v) is 15.4. The van der Waals surface area contributed by atoms with Crippen molar-refractivity contribution in [2.75, 3.05) is 0 Å². The van der Waals surface area contributed by atoms with Crippen LogP contribution in [0, 0.1) is 13.8 Å². The molecule has 5 aromatic rings. The predicted octanol–water partition coefficient (Wildman–Crippen LogP) is 6.93. The van der Waals surface area contributed by atoms with E-state index in [1.807, 2.05) is 24.4 Å². The number of para-hydroxylation sites is 1. The number of furan rings is 1. The van der Waals surface area contributed by atoms with Crippen molar-refractivity contribution in [2.24, 2.45) is 0 Å². The third kappa shape index (κ3) is 2.61. The van der Waals surface area contributed by atoms with Crippen LogP contribution >= 0.6 is 0 Å². The van der Waals surface area contributed by atoms with Gasteiger partial charge in [0.25, 0.3) is 0 Å². The fourth-order valence-electron chi connectivity index (χ4n) is 3.70. The van der Waals surface area contributed by atoms with Gasteiger partial charge in [0.15, 0.2) is 0 Å². The molecule has 3 aromatic carbocycles. The normalized spacial score (nSPS) is 11.3. The first kappa shape index (κ1) is 15.8. The van der Waals surface area contributed by atoms with Crippen molar-refractivity contribution < 1.29 is 4.42 Å². The lowest BCUT2D eigenvalue weighted by Gasteiger charge is -2.09. The number of rotatable bonds is 2. The predicted molar refractivity (Wildman–Crippen MR) is 112 cm³/mol.